The summed E-state index contributed by atoms with van der Waals surface area (Å²) < 4.78 is 5.17. The summed E-state index contributed by atoms with van der Waals surface area (Å²) >= 11 is 0. The molecule has 0 N–H and O–H groups in total. The molecule has 0 spiro atoms. The summed E-state index contributed by atoms with van der Waals surface area (Å²) in [5.41, 5.74) is 1.15. The van der Waals surface area contributed by atoms with E-state index in [9.17, 15) is 0 Å². The average molecular weight is 205 g/mol. The lowest BCUT2D eigenvalue weighted by Gasteiger charge is -2.28. The molecule has 2 rings (SSSR count). The Balaban J connectivity index is 0.000000162. The number of allylic oxidation sites excluding steroid dienone is 1. The zero-order valence-corrected chi connectivity index (χ0v) is 9.36. The Morgan fingerprint density at radius 2 is 1.40 bits per heavy atom. The second-order valence-corrected chi connectivity index (χ2v) is 3.49. The molecule has 82 valence electrons. The maximum atomic E-state index is 5.17. The topological polar surface area (TPSA) is 12.5 Å². The van der Waals surface area contributed by atoms with Crippen molar-refractivity contribution in [2.24, 2.45) is 0 Å². The molecule has 0 aromatic heterocycles. The van der Waals surface area contributed by atoms with E-state index in [1.807, 2.05) is 43.3 Å². The van der Waals surface area contributed by atoms with Gasteiger partial charge in [0, 0.05) is 18.8 Å². The zero-order valence-electron chi connectivity index (χ0n) is 9.36. The van der Waals surface area contributed by atoms with Gasteiger partial charge in [-0.3, -0.25) is 0 Å². The summed E-state index contributed by atoms with van der Waals surface area (Å²) in [5.74, 6) is 0. The predicted octanol–water partition coefficient (Wildman–Crippen LogP) is 2.54. The van der Waals surface area contributed by atoms with Crippen molar-refractivity contribution >= 4 is 0 Å². The smallest absolute Gasteiger partial charge is 0.0642 e. The normalized spacial score (nSPS) is 15.1. The Kier molecular flexibility index (Phi) is 5.56. The molecule has 2 heteroatoms. The SMILES string of the molecule is C=C(C)N1CCOCC1.c1ccccc1. The van der Waals surface area contributed by atoms with Crippen molar-refractivity contribution < 1.29 is 4.74 Å². The van der Waals surface area contributed by atoms with E-state index in [1.54, 1.807) is 0 Å². The number of hydrogen-bond acceptors (Lipinski definition) is 2. The van der Waals surface area contributed by atoms with E-state index in [0.717, 1.165) is 32.0 Å². The molecule has 1 aromatic carbocycles. The van der Waals surface area contributed by atoms with Crippen LogP contribution in [0.25, 0.3) is 0 Å². The van der Waals surface area contributed by atoms with Gasteiger partial charge in [-0.25, -0.2) is 0 Å². The Morgan fingerprint density at radius 1 is 1.00 bits per heavy atom. The maximum Gasteiger partial charge on any atom is 0.0642 e. The fourth-order valence-corrected chi connectivity index (χ4v) is 1.33. The van der Waals surface area contributed by atoms with Crippen LogP contribution in [-0.4, -0.2) is 31.2 Å². The number of rotatable bonds is 1. The molecular formula is C13H19NO. The highest BCUT2D eigenvalue weighted by molar-refractivity contribution is 4.99. The largest absolute Gasteiger partial charge is 0.378 e. The van der Waals surface area contributed by atoms with Gasteiger partial charge in [-0.15, -0.1) is 0 Å². The maximum absolute atomic E-state index is 5.17. The summed E-state index contributed by atoms with van der Waals surface area (Å²) in [7, 11) is 0. The van der Waals surface area contributed by atoms with E-state index in [1.165, 1.54) is 0 Å². The van der Waals surface area contributed by atoms with E-state index >= 15 is 0 Å². The number of benzene rings is 1. The van der Waals surface area contributed by atoms with Crippen LogP contribution in [0, 0.1) is 0 Å². The van der Waals surface area contributed by atoms with Crippen LogP contribution in [-0.2, 0) is 4.74 Å². The van der Waals surface area contributed by atoms with Crippen LogP contribution in [0.2, 0.25) is 0 Å². The van der Waals surface area contributed by atoms with Crippen molar-refractivity contribution in [3.63, 3.8) is 0 Å². The van der Waals surface area contributed by atoms with E-state index in [-0.39, 0.29) is 0 Å². The van der Waals surface area contributed by atoms with E-state index in [4.69, 9.17) is 4.74 Å². The highest BCUT2D eigenvalue weighted by atomic mass is 16.5. The molecule has 0 atom stereocenters. The van der Waals surface area contributed by atoms with Gasteiger partial charge in [0.25, 0.3) is 0 Å². The van der Waals surface area contributed by atoms with Crippen molar-refractivity contribution in [1.82, 2.24) is 4.90 Å². The first kappa shape index (κ1) is 11.8. The minimum Gasteiger partial charge on any atom is -0.378 e. The van der Waals surface area contributed by atoms with Crippen LogP contribution in [0.4, 0.5) is 0 Å². The van der Waals surface area contributed by atoms with Gasteiger partial charge in [0.2, 0.25) is 0 Å². The van der Waals surface area contributed by atoms with Gasteiger partial charge < -0.3 is 9.64 Å². The number of hydrogen-bond donors (Lipinski definition) is 0. The lowest BCUT2D eigenvalue weighted by atomic mass is 10.4. The van der Waals surface area contributed by atoms with Crippen molar-refractivity contribution in [3.8, 4) is 0 Å². The van der Waals surface area contributed by atoms with Crippen LogP contribution in [0.3, 0.4) is 0 Å². The van der Waals surface area contributed by atoms with Gasteiger partial charge in [0.05, 0.1) is 13.2 Å². The summed E-state index contributed by atoms with van der Waals surface area (Å²) in [4.78, 5) is 2.24. The average Bonchev–Trinajstić information content (AvgIpc) is 2.33. The molecule has 1 heterocycles. The molecule has 1 aliphatic rings. The summed E-state index contributed by atoms with van der Waals surface area (Å²) in [5, 5.41) is 0. The van der Waals surface area contributed by atoms with E-state index in [0.29, 0.717) is 0 Å². The van der Waals surface area contributed by atoms with Crippen molar-refractivity contribution in [1.29, 1.82) is 0 Å². The summed E-state index contributed by atoms with van der Waals surface area (Å²) in [6.45, 7) is 9.61. The Hall–Kier alpha value is -1.28. The third-order valence-electron chi connectivity index (χ3n) is 2.22. The number of nitrogens with zero attached hydrogens (tertiary/aromatic N) is 1. The zero-order chi connectivity index (χ0) is 10.9. The molecule has 0 radical (unpaired) electrons. The fourth-order valence-electron chi connectivity index (χ4n) is 1.33. The quantitative estimate of drug-likeness (QED) is 0.698. The summed E-state index contributed by atoms with van der Waals surface area (Å²) in [6, 6.07) is 12.0. The predicted molar refractivity (Wildman–Crippen MR) is 63.6 cm³/mol. The first-order chi connectivity index (χ1) is 7.30. The van der Waals surface area contributed by atoms with Gasteiger partial charge in [0.15, 0.2) is 0 Å². The van der Waals surface area contributed by atoms with E-state index < -0.39 is 0 Å². The van der Waals surface area contributed by atoms with Gasteiger partial charge in [-0.05, 0) is 6.92 Å². The molecule has 1 saturated heterocycles. The second-order valence-electron chi connectivity index (χ2n) is 3.49. The minimum atomic E-state index is 0.854. The molecule has 0 unspecified atom stereocenters. The molecule has 15 heavy (non-hydrogen) atoms. The minimum absolute atomic E-state index is 0.854. The Labute approximate surface area is 92.2 Å². The van der Waals surface area contributed by atoms with Gasteiger partial charge in [-0.1, -0.05) is 43.0 Å². The molecule has 1 aliphatic heterocycles. The van der Waals surface area contributed by atoms with Gasteiger partial charge in [-0.2, -0.15) is 0 Å². The Bertz CT molecular complexity index is 238. The molecule has 0 bridgehead atoms. The first-order valence-electron chi connectivity index (χ1n) is 5.29. The second kappa shape index (κ2) is 7.07. The van der Waals surface area contributed by atoms with E-state index in [2.05, 4.69) is 11.5 Å². The molecule has 1 aromatic rings. The van der Waals surface area contributed by atoms with Crippen molar-refractivity contribution in [2.75, 3.05) is 26.3 Å². The number of morpholine rings is 1. The lowest BCUT2D eigenvalue weighted by molar-refractivity contribution is 0.0540. The molecule has 0 amide bonds. The number of ether oxygens (including phenoxy) is 1. The Morgan fingerprint density at radius 3 is 1.67 bits per heavy atom. The molecular weight excluding hydrogens is 186 g/mol. The van der Waals surface area contributed by atoms with Crippen molar-refractivity contribution in [2.45, 2.75) is 6.92 Å². The van der Waals surface area contributed by atoms with Crippen LogP contribution < -0.4 is 0 Å². The van der Waals surface area contributed by atoms with Crippen LogP contribution >= 0.6 is 0 Å². The standard InChI is InChI=1S/C7H13NO.C6H6/c1-7(2)8-3-5-9-6-4-8;1-2-4-6-5-3-1/h1,3-6H2,2H3;1-6H. The monoisotopic (exact) mass is 205 g/mol. The lowest BCUT2D eigenvalue weighted by Crippen LogP contribution is -2.34. The van der Waals surface area contributed by atoms with Crippen LogP contribution in [0.5, 0.6) is 0 Å². The molecule has 2 nitrogen and oxygen atoms in total. The third kappa shape index (κ3) is 5.23. The first-order valence-corrected chi connectivity index (χ1v) is 5.29. The van der Waals surface area contributed by atoms with Gasteiger partial charge >= 0.3 is 0 Å². The molecule has 1 fully saturated rings. The van der Waals surface area contributed by atoms with Crippen molar-refractivity contribution in [3.05, 3.63) is 48.7 Å². The fraction of sp³-hybridized carbons (Fsp3) is 0.385. The molecule has 0 aliphatic carbocycles. The molecule has 0 saturated carbocycles. The summed E-state index contributed by atoms with van der Waals surface area (Å²) in [6.07, 6.45) is 0. The van der Waals surface area contributed by atoms with Gasteiger partial charge in [0.1, 0.15) is 0 Å². The highest BCUT2D eigenvalue weighted by Crippen LogP contribution is 2.02. The van der Waals surface area contributed by atoms with Crippen LogP contribution in [0.15, 0.2) is 48.7 Å². The third-order valence-corrected chi connectivity index (χ3v) is 2.22. The van der Waals surface area contributed by atoms with Crippen LogP contribution in [0.1, 0.15) is 6.92 Å². The highest BCUT2D eigenvalue weighted by Gasteiger charge is 2.07.